The quantitative estimate of drug-likeness (QED) is 0.896. The van der Waals surface area contributed by atoms with E-state index in [-0.39, 0.29) is 12.2 Å². The number of hydrogen-bond acceptors (Lipinski definition) is 3. The van der Waals surface area contributed by atoms with E-state index in [1.54, 1.807) is 36.1 Å². The molecule has 0 fully saturated rings. The van der Waals surface area contributed by atoms with Gasteiger partial charge in [0.1, 0.15) is 6.61 Å². The minimum absolute atomic E-state index is 0.200. The Morgan fingerprint density at radius 3 is 2.83 bits per heavy atom. The Balaban J connectivity index is 2.20. The SMILES string of the molecule is Cc1cccc(C(=O)O)c1COc1ccn(C)n1. The van der Waals surface area contributed by atoms with Crippen molar-refractivity contribution in [1.29, 1.82) is 0 Å². The minimum atomic E-state index is -0.946. The zero-order valence-electron chi connectivity index (χ0n) is 10.3. The van der Waals surface area contributed by atoms with E-state index < -0.39 is 5.97 Å². The molecule has 1 N–H and O–H groups in total. The second-order valence-corrected chi connectivity index (χ2v) is 4.02. The molecule has 0 saturated carbocycles. The number of nitrogens with zero attached hydrogens (tertiary/aromatic N) is 2. The van der Waals surface area contributed by atoms with Crippen LogP contribution in [0.1, 0.15) is 21.5 Å². The molecule has 2 rings (SSSR count). The predicted molar refractivity (Wildman–Crippen MR) is 65.7 cm³/mol. The fourth-order valence-electron chi connectivity index (χ4n) is 1.71. The van der Waals surface area contributed by atoms with E-state index in [0.29, 0.717) is 11.4 Å². The normalized spacial score (nSPS) is 10.3. The van der Waals surface area contributed by atoms with Crippen LogP contribution in [-0.2, 0) is 13.7 Å². The van der Waals surface area contributed by atoms with Crippen LogP contribution in [0.25, 0.3) is 0 Å². The summed E-state index contributed by atoms with van der Waals surface area (Å²) in [5.74, 6) is -0.463. The van der Waals surface area contributed by atoms with Crippen LogP contribution in [0.4, 0.5) is 0 Å². The molecule has 1 aromatic heterocycles. The molecule has 5 heteroatoms. The smallest absolute Gasteiger partial charge is 0.336 e. The first kappa shape index (κ1) is 12.2. The number of carboxylic acid groups (broad SMARTS) is 1. The average Bonchev–Trinajstić information content (AvgIpc) is 2.73. The molecular formula is C13H14N2O3. The maximum Gasteiger partial charge on any atom is 0.336 e. The van der Waals surface area contributed by atoms with Gasteiger partial charge in [-0.2, -0.15) is 0 Å². The van der Waals surface area contributed by atoms with Gasteiger partial charge in [-0.25, -0.2) is 4.79 Å². The number of carbonyl (C=O) groups is 1. The molecule has 0 aliphatic heterocycles. The Hall–Kier alpha value is -2.30. The van der Waals surface area contributed by atoms with Gasteiger partial charge < -0.3 is 9.84 Å². The minimum Gasteiger partial charge on any atom is -0.478 e. The second kappa shape index (κ2) is 4.91. The van der Waals surface area contributed by atoms with Gasteiger partial charge in [0.15, 0.2) is 0 Å². The van der Waals surface area contributed by atoms with Gasteiger partial charge in [0.05, 0.1) is 5.56 Å². The fraction of sp³-hybridized carbons (Fsp3) is 0.231. The lowest BCUT2D eigenvalue weighted by molar-refractivity contribution is 0.0693. The predicted octanol–water partition coefficient (Wildman–Crippen LogP) is 2.01. The number of rotatable bonds is 4. The Morgan fingerprint density at radius 1 is 1.44 bits per heavy atom. The molecule has 0 unspecified atom stereocenters. The Labute approximate surface area is 105 Å². The summed E-state index contributed by atoms with van der Waals surface area (Å²) in [5.41, 5.74) is 1.84. The van der Waals surface area contributed by atoms with Crippen LogP contribution < -0.4 is 4.74 Å². The van der Waals surface area contributed by atoms with E-state index in [1.807, 2.05) is 13.0 Å². The summed E-state index contributed by atoms with van der Waals surface area (Å²) >= 11 is 0. The van der Waals surface area contributed by atoms with Crippen molar-refractivity contribution >= 4 is 5.97 Å². The average molecular weight is 246 g/mol. The number of hydrogen-bond donors (Lipinski definition) is 1. The monoisotopic (exact) mass is 246 g/mol. The molecule has 0 atom stereocenters. The van der Waals surface area contributed by atoms with Crippen LogP contribution in [0.2, 0.25) is 0 Å². The van der Waals surface area contributed by atoms with E-state index in [1.165, 1.54) is 0 Å². The van der Waals surface area contributed by atoms with Crippen molar-refractivity contribution < 1.29 is 14.6 Å². The Morgan fingerprint density at radius 2 is 2.22 bits per heavy atom. The van der Waals surface area contributed by atoms with Crippen molar-refractivity contribution in [2.45, 2.75) is 13.5 Å². The molecule has 0 amide bonds. The Kier molecular flexibility index (Phi) is 3.32. The van der Waals surface area contributed by atoms with Crippen molar-refractivity contribution in [3.63, 3.8) is 0 Å². The van der Waals surface area contributed by atoms with Gasteiger partial charge in [-0.15, -0.1) is 5.10 Å². The highest BCUT2D eigenvalue weighted by atomic mass is 16.5. The van der Waals surface area contributed by atoms with Crippen LogP contribution >= 0.6 is 0 Å². The number of aryl methyl sites for hydroxylation is 2. The van der Waals surface area contributed by atoms with Crippen LogP contribution in [0.5, 0.6) is 5.88 Å². The molecule has 1 heterocycles. The van der Waals surface area contributed by atoms with Gasteiger partial charge in [-0.05, 0) is 18.6 Å². The first-order valence-corrected chi connectivity index (χ1v) is 5.52. The molecule has 1 aromatic carbocycles. The lowest BCUT2D eigenvalue weighted by Crippen LogP contribution is -2.07. The summed E-state index contributed by atoms with van der Waals surface area (Å²) in [7, 11) is 1.79. The molecule has 0 spiro atoms. The summed E-state index contributed by atoms with van der Waals surface area (Å²) in [6, 6.07) is 6.90. The number of aromatic nitrogens is 2. The zero-order chi connectivity index (χ0) is 13.1. The Bertz CT molecular complexity index is 575. The molecular weight excluding hydrogens is 232 g/mol. The van der Waals surface area contributed by atoms with E-state index in [0.717, 1.165) is 5.56 Å². The van der Waals surface area contributed by atoms with Crippen molar-refractivity contribution in [2.75, 3.05) is 0 Å². The van der Waals surface area contributed by atoms with E-state index in [4.69, 9.17) is 9.84 Å². The van der Waals surface area contributed by atoms with Gasteiger partial charge in [-0.1, -0.05) is 12.1 Å². The van der Waals surface area contributed by atoms with Crippen LogP contribution in [0.15, 0.2) is 30.5 Å². The molecule has 94 valence electrons. The molecule has 0 aliphatic carbocycles. The van der Waals surface area contributed by atoms with Gasteiger partial charge in [0, 0.05) is 24.9 Å². The van der Waals surface area contributed by atoms with E-state index in [2.05, 4.69) is 5.10 Å². The summed E-state index contributed by atoms with van der Waals surface area (Å²) in [6.07, 6.45) is 1.77. The standard InChI is InChI=1S/C13H14N2O3/c1-9-4-3-5-10(13(16)17)11(9)8-18-12-6-7-15(2)14-12/h3-7H,8H2,1-2H3,(H,16,17). The maximum absolute atomic E-state index is 11.1. The molecule has 2 aromatic rings. The summed E-state index contributed by atoms with van der Waals surface area (Å²) in [4.78, 5) is 11.1. The third kappa shape index (κ3) is 2.51. The lowest BCUT2D eigenvalue weighted by atomic mass is 10.0. The molecule has 0 saturated heterocycles. The maximum atomic E-state index is 11.1. The van der Waals surface area contributed by atoms with E-state index >= 15 is 0 Å². The first-order valence-electron chi connectivity index (χ1n) is 5.52. The highest BCUT2D eigenvalue weighted by molar-refractivity contribution is 5.89. The highest BCUT2D eigenvalue weighted by Crippen LogP contribution is 2.17. The third-order valence-corrected chi connectivity index (χ3v) is 2.69. The summed E-state index contributed by atoms with van der Waals surface area (Å²) < 4.78 is 7.12. The second-order valence-electron chi connectivity index (χ2n) is 4.02. The lowest BCUT2D eigenvalue weighted by Gasteiger charge is -2.09. The first-order chi connectivity index (χ1) is 8.58. The van der Waals surface area contributed by atoms with Gasteiger partial charge in [0.2, 0.25) is 5.88 Å². The number of ether oxygens (including phenoxy) is 1. The number of aromatic carboxylic acids is 1. The van der Waals surface area contributed by atoms with Gasteiger partial charge in [-0.3, -0.25) is 4.68 Å². The van der Waals surface area contributed by atoms with Crippen LogP contribution in [-0.4, -0.2) is 20.9 Å². The highest BCUT2D eigenvalue weighted by Gasteiger charge is 2.12. The zero-order valence-corrected chi connectivity index (χ0v) is 10.3. The van der Waals surface area contributed by atoms with Crippen LogP contribution in [0.3, 0.4) is 0 Å². The third-order valence-electron chi connectivity index (χ3n) is 2.69. The van der Waals surface area contributed by atoms with Crippen molar-refractivity contribution in [3.05, 3.63) is 47.2 Å². The largest absolute Gasteiger partial charge is 0.478 e. The van der Waals surface area contributed by atoms with Gasteiger partial charge >= 0.3 is 5.97 Å². The van der Waals surface area contributed by atoms with Gasteiger partial charge in [0.25, 0.3) is 0 Å². The summed E-state index contributed by atoms with van der Waals surface area (Å²) in [5, 5.41) is 13.2. The molecule has 18 heavy (non-hydrogen) atoms. The summed E-state index contributed by atoms with van der Waals surface area (Å²) in [6.45, 7) is 2.06. The van der Waals surface area contributed by atoms with Crippen LogP contribution in [0, 0.1) is 6.92 Å². The molecule has 5 nitrogen and oxygen atoms in total. The molecule has 0 aliphatic rings. The van der Waals surface area contributed by atoms with Crippen molar-refractivity contribution in [3.8, 4) is 5.88 Å². The molecule has 0 radical (unpaired) electrons. The molecule has 0 bridgehead atoms. The number of benzene rings is 1. The number of carboxylic acids is 1. The van der Waals surface area contributed by atoms with Crippen molar-refractivity contribution in [2.24, 2.45) is 7.05 Å². The van der Waals surface area contributed by atoms with E-state index in [9.17, 15) is 4.79 Å². The topological polar surface area (TPSA) is 64.3 Å². The van der Waals surface area contributed by atoms with Crippen molar-refractivity contribution in [1.82, 2.24) is 9.78 Å². The fourth-order valence-corrected chi connectivity index (χ4v) is 1.71.